The largest absolute Gasteiger partial charge is 0.454 e. The molecule has 1 aliphatic rings. The van der Waals surface area contributed by atoms with Crippen LogP contribution in [-0.2, 0) is 6.54 Å². The standard InChI is InChI=1S/C18H16N2O3/c1-11-2-4-15-12(6-11)7-13(18(21)20-15)9-19-14-3-5-16-17(8-14)23-10-22-16/h2-8,19H,9-10H2,1H3,(H,20,21). The zero-order chi connectivity index (χ0) is 15.8. The Labute approximate surface area is 132 Å². The summed E-state index contributed by atoms with van der Waals surface area (Å²) in [6, 6.07) is 13.6. The van der Waals surface area contributed by atoms with Crippen molar-refractivity contribution in [1.29, 1.82) is 0 Å². The number of hydrogen-bond donors (Lipinski definition) is 2. The molecule has 0 saturated heterocycles. The van der Waals surface area contributed by atoms with Gasteiger partial charge in [-0.25, -0.2) is 0 Å². The number of aryl methyl sites for hydroxylation is 1. The van der Waals surface area contributed by atoms with E-state index in [4.69, 9.17) is 9.47 Å². The Morgan fingerprint density at radius 2 is 1.96 bits per heavy atom. The lowest BCUT2D eigenvalue weighted by Gasteiger charge is -2.08. The second-order valence-electron chi connectivity index (χ2n) is 5.64. The molecule has 1 aromatic heterocycles. The van der Waals surface area contributed by atoms with Gasteiger partial charge in [-0.15, -0.1) is 0 Å². The number of fused-ring (bicyclic) bond motifs is 2. The highest BCUT2D eigenvalue weighted by Gasteiger charge is 2.13. The Morgan fingerprint density at radius 1 is 1.09 bits per heavy atom. The van der Waals surface area contributed by atoms with E-state index < -0.39 is 0 Å². The van der Waals surface area contributed by atoms with E-state index in [1.54, 1.807) is 0 Å². The highest BCUT2D eigenvalue weighted by Crippen LogP contribution is 2.34. The number of ether oxygens (including phenoxy) is 2. The third kappa shape index (κ3) is 2.61. The summed E-state index contributed by atoms with van der Waals surface area (Å²) in [5.74, 6) is 1.47. The fourth-order valence-corrected chi connectivity index (χ4v) is 2.71. The topological polar surface area (TPSA) is 63.4 Å². The van der Waals surface area contributed by atoms with Gasteiger partial charge in [-0.05, 0) is 42.6 Å². The number of aromatic amines is 1. The van der Waals surface area contributed by atoms with Crippen LogP contribution in [0.1, 0.15) is 11.1 Å². The maximum atomic E-state index is 12.2. The second-order valence-corrected chi connectivity index (χ2v) is 5.64. The molecule has 2 heterocycles. The van der Waals surface area contributed by atoms with Crippen molar-refractivity contribution in [3.8, 4) is 11.5 Å². The predicted molar refractivity (Wildman–Crippen MR) is 89.2 cm³/mol. The minimum atomic E-state index is -0.0744. The molecule has 0 radical (unpaired) electrons. The summed E-state index contributed by atoms with van der Waals surface area (Å²) in [6.07, 6.45) is 0. The monoisotopic (exact) mass is 308 g/mol. The van der Waals surface area contributed by atoms with Gasteiger partial charge in [0.25, 0.3) is 5.56 Å². The van der Waals surface area contributed by atoms with Crippen LogP contribution >= 0.6 is 0 Å². The van der Waals surface area contributed by atoms with Crippen molar-refractivity contribution >= 4 is 16.6 Å². The summed E-state index contributed by atoms with van der Waals surface area (Å²) in [6.45, 7) is 2.73. The van der Waals surface area contributed by atoms with Crippen molar-refractivity contribution in [2.45, 2.75) is 13.5 Å². The quantitative estimate of drug-likeness (QED) is 0.780. The molecule has 0 bridgehead atoms. The Morgan fingerprint density at radius 3 is 2.87 bits per heavy atom. The molecule has 0 saturated carbocycles. The first-order chi connectivity index (χ1) is 11.2. The number of nitrogens with one attached hydrogen (secondary N) is 2. The van der Waals surface area contributed by atoms with Crippen LogP contribution in [0.5, 0.6) is 11.5 Å². The lowest BCUT2D eigenvalue weighted by Crippen LogP contribution is -2.15. The molecule has 0 aliphatic carbocycles. The molecule has 116 valence electrons. The van der Waals surface area contributed by atoms with E-state index >= 15 is 0 Å². The van der Waals surface area contributed by atoms with Crippen molar-refractivity contribution in [1.82, 2.24) is 4.98 Å². The number of pyridine rings is 1. The number of benzene rings is 2. The maximum absolute atomic E-state index is 12.2. The van der Waals surface area contributed by atoms with Gasteiger partial charge >= 0.3 is 0 Å². The van der Waals surface area contributed by atoms with Crippen LogP contribution in [0.25, 0.3) is 10.9 Å². The Hall–Kier alpha value is -2.95. The lowest BCUT2D eigenvalue weighted by molar-refractivity contribution is 0.174. The highest BCUT2D eigenvalue weighted by atomic mass is 16.7. The van der Waals surface area contributed by atoms with Crippen LogP contribution in [0.4, 0.5) is 5.69 Å². The van der Waals surface area contributed by atoms with E-state index in [9.17, 15) is 4.79 Å². The van der Waals surface area contributed by atoms with Gasteiger partial charge in [0.2, 0.25) is 6.79 Å². The molecule has 0 amide bonds. The van der Waals surface area contributed by atoms with Gasteiger partial charge in [0, 0.05) is 29.4 Å². The first-order valence-corrected chi connectivity index (χ1v) is 7.45. The van der Waals surface area contributed by atoms with Gasteiger partial charge in [-0.1, -0.05) is 11.6 Å². The summed E-state index contributed by atoms with van der Waals surface area (Å²) < 4.78 is 10.6. The van der Waals surface area contributed by atoms with Crippen molar-refractivity contribution in [2.24, 2.45) is 0 Å². The van der Waals surface area contributed by atoms with Crippen molar-refractivity contribution in [3.05, 3.63) is 63.9 Å². The number of rotatable bonds is 3. The molecule has 5 nitrogen and oxygen atoms in total. The molecular weight excluding hydrogens is 292 g/mol. The Kier molecular flexibility index (Phi) is 3.19. The molecule has 0 spiro atoms. The molecule has 2 N–H and O–H groups in total. The van der Waals surface area contributed by atoms with Gasteiger partial charge in [0.15, 0.2) is 11.5 Å². The van der Waals surface area contributed by atoms with Crippen molar-refractivity contribution in [2.75, 3.05) is 12.1 Å². The normalized spacial score (nSPS) is 12.6. The number of aromatic nitrogens is 1. The Balaban J connectivity index is 1.60. The molecule has 3 aromatic rings. The molecule has 1 aliphatic heterocycles. The van der Waals surface area contributed by atoms with Crippen LogP contribution in [-0.4, -0.2) is 11.8 Å². The zero-order valence-corrected chi connectivity index (χ0v) is 12.7. The van der Waals surface area contributed by atoms with Crippen LogP contribution in [0.15, 0.2) is 47.3 Å². The predicted octanol–water partition coefficient (Wildman–Crippen LogP) is 3.18. The van der Waals surface area contributed by atoms with Gasteiger partial charge in [-0.2, -0.15) is 0 Å². The van der Waals surface area contributed by atoms with Crippen molar-refractivity contribution < 1.29 is 9.47 Å². The average molecular weight is 308 g/mol. The fourth-order valence-electron chi connectivity index (χ4n) is 2.71. The lowest BCUT2D eigenvalue weighted by atomic mass is 10.1. The third-order valence-electron chi connectivity index (χ3n) is 3.93. The molecule has 0 unspecified atom stereocenters. The van der Waals surface area contributed by atoms with Crippen LogP contribution < -0.4 is 20.3 Å². The van der Waals surface area contributed by atoms with E-state index in [2.05, 4.69) is 16.4 Å². The molecule has 5 heteroatoms. The van der Waals surface area contributed by atoms with E-state index in [1.165, 1.54) is 5.56 Å². The summed E-state index contributed by atoms with van der Waals surface area (Å²) in [5, 5.41) is 4.29. The molecule has 0 atom stereocenters. The molecule has 2 aromatic carbocycles. The number of H-pyrrole nitrogens is 1. The van der Waals surface area contributed by atoms with Crippen LogP contribution in [0.3, 0.4) is 0 Å². The molecular formula is C18H16N2O3. The zero-order valence-electron chi connectivity index (χ0n) is 12.7. The van der Waals surface area contributed by atoms with Crippen LogP contribution in [0.2, 0.25) is 0 Å². The fraction of sp³-hybridized carbons (Fsp3) is 0.167. The van der Waals surface area contributed by atoms with Gasteiger partial charge in [0.05, 0.1) is 0 Å². The summed E-state index contributed by atoms with van der Waals surface area (Å²) in [7, 11) is 0. The van der Waals surface area contributed by atoms with E-state index in [0.29, 0.717) is 12.1 Å². The first-order valence-electron chi connectivity index (χ1n) is 7.45. The van der Waals surface area contributed by atoms with Gasteiger partial charge in [0.1, 0.15) is 0 Å². The van der Waals surface area contributed by atoms with Gasteiger partial charge < -0.3 is 19.8 Å². The molecule has 23 heavy (non-hydrogen) atoms. The SMILES string of the molecule is Cc1ccc2[nH]c(=O)c(CNc3ccc4c(c3)OCO4)cc2c1. The summed E-state index contributed by atoms with van der Waals surface area (Å²) >= 11 is 0. The Bertz CT molecular complexity index is 947. The second kappa shape index (κ2) is 5.35. The van der Waals surface area contributed by atoms with Crippen LogP contribution in [0, 0.1) is 6.92 Å². The van der Waals surface area contributed by atoms with Crippen molar-refractivity contribution in [3.63, 3.8) is 0 Å². The van der Waals surface area contributed by atoms with E-state index in [0.717, 1.165) is 28.1 Å². The minimum Gasteiger partial charge on any atom is -0.454 e. The summed E-state index contributed by atoms with van der Waals surface area (Å²) in [5.41, 5.74) is 3.53. The minimum absolute atomic E-state index is 0.0744. The van der Waals surface area contributed by atoms with E-state index in [1.807, 2.05) is 43.3 Å². The number of anilines is 1. The summed E-state index contributed by atoms with van der Waals surface area (Å²) in [4.78, 5) is 15.1. The molecule has 4 rings (SSSR count). The average Bonchev–Trinajstić information content (AvgIpc) is 3.01. The smallest absolute Gasteiger partial charge is 0.253 e. The van der Waals surface area contributed by atoms with E-state index in [-0.39, 0.29) is 12.4 Å². The first kappa shape index (κ1) is 13.7. The highest BCUT2D eigenvalue weighted by molar-refractivity contribution is 5.79. The third-order valence-corrected chi connectivity index (χ3v) is 3.93. The molecule has 0 fully saturated rings. The maximum Gasteiger partial charge on any atom is 0.253 e. The number of hydrogen-bond acceptors (Lipinski definition) is 4. The van der Waals surface area contributed by atoms with Gasteiger partial charge in [-0.3, -0.25) is 4.79 Å².